The van der Waals surface area contributed by atoms with Gasteiger partial charge in [0.05, 0.1) is 17.9 Å². The number of nitrogens with zero attached hydrogens (tertiary/aromatic N) is 1. The average Bonchev–Trinajstić information content (AvgIpc) is 2.34. The lowest BCUT2D eigenvalue weighted by Gasteiger charge is -2.17. The summed E-state index contributed by atoms with van der Waals surface area (Å²) in [5, 5.41) is 4.18. The molecule has 0 fully saturated rings. The number of hydrogen-bond donors (Lipinski definition) is 1. The van der Waals surface area contributed by atoms with Gasteiger partial charge >= 0.3 is 0 Å². The fourth-order valence-corrected chi connectivity index (χ4v) is 2.31. The van der Waals surface area contributed by atoms with Crippen molar-refractivity contribution in [2.75, 3.05) is 5.32 Å². The Bertz CT molecular complexity index is 557. The highest BCUT2D eigenvalue weighted by Crippen LogP contribution is 2.26. The number of benzene rings is 1. The molecular formula is C14H14BrClN2. The van der Waals surface area contributed by atoms with Gasteiger partial charge in [0.15, 0.2) is 0 Å². The van der Waals surface area contributed by atoms with Crippen molar-refractivity contribution in [1.29, 1.82) is 0 Å². The lowest BCUT2D eigenvalue weighted by Crippen LogP contribution is -2.07. The SMILES string of the molecule is Cc1cc(NC(C)c2ccccc2Cl)cnc1Br. The first kappa shape index (κ1) is 13.4. The number of aromatic nitrogens is 1. The molecule has 94 valence electrons. The van der Waals surface area contributed by atoms with Crippen molar-refractivity contribution >= 4 is 33.2 Å². The summed E-state index contributed by atoms with van der Waals surface area (Å²) >= 11 is 9.57. The van der Waals surface area contributed by atoms with Crippen LogP contribution in [-0.4, -0.2) is 4.98 Å². The van der Waals surface area contributed by atoms with Crippen molar-refractivity contribution in [1.82, 2.24) is 4.98 Å². The van der Waals surface area contributed by atoms with Crippen molar-refractivity contribution in [3.63, 3.8) is 0 Å². The molecule has 2 rings (SSSR count). The van der Waals surface area contributed by atoms with Crippen LogP contribution in [0.3, 0.4) is 0 Å². The molecule has 1 atom stereocenters. The largest absolute Gasteiger partial charge is 0.377 e. The van der Waals surface area contributed by atoms with Gasteiger partial charge in [-0.1, -0.05) is 29.8 Å². The van der Waals surface area contributed by atoms with Crippen LogP contribution in [0.4, 0.5) is 5.69 Å². The second-order valence-corrected chi connectivity index (χ2v) is 5.38. The molecule has 1 unspecified atom stereocenters. The van der Waals surface area contributed by atoms with Crippen LogP contribution in [-0.2, 0) is 0 Å². The molecule has 1 heterocycles. The molecule has 1 aromatic carbocycles. The number of pyridine rings is 1. The van der Waals surface area contributed by atoms with Crippen LogP contribution in [0.5, 0.6) is 0 Å². The summed E-state index contributed by atoms with van der Waals surface area (Å²) in [4.78, 5) is 4.27. The Balaban J connectivity index is 2.19. The molecular weight excluding hydrogens is 312 g/mol. The molecule has 1 aromatic heterocycles. The lowest BCUT2D eigenvalue weighted by atomic mass is 10.1. The van der Waals surface area contributed by atoms with Gasteiger partial charge in [-0.25, -0.2) is 4.98 Å². The first-order chi connectivity index (χ1) is 8.58. The fourth-order valence-electron chi connectivity index (χ4n) is 1.79. The topological polar surface area (TPSA) is 24.9 Å². The van der Waals surface area contributed by atoms with Crippen LogP contribution in [0.15, 0.2) is 41.1 Å². The molecule has 2 nitrogen and oxygen atoms in total. The first-order valence-electron chi connectivity index (χ1n) is 5.71. The molecule has 1 N–H and O–H groups in total. The first-order valence-corrected chi connectivity index (χ1v) is 6.88. The van der Waals surface area contributed by atoms with Crippen molar-refractivity contribution in [2.24, 2.45) is 0 Å². The maximum Gasteiger partial charge on any atom is 0.109 e. The number of rotatable bonds is 3. The van der Waals surface area contributed by atoms with Gasteiger partial charge in [-0.2, -0.15) is 0 Å². The minimum Gasteiger partial charge on any atom is -0.377 e. The smallest absolute Gasteiger partial charge is 0.109 e. The summed E-state index contributed by atoms with van der Waals surface area (Å²) < 4.78 is 0.874. The van der Waals surface area contributed by atoms with E-state index in [0.29, 0.717) is 0 Å². The van der Waals surface area contributed by atoms with Crippen molar-refractivity contribution in [2.45, 2.75) is 19.9 Å². The Morgan fingerprint density at radius 2 is 2.06 bits per heavy atom. The highest BCUT2D eigenvalue weighted by molar-refractivity contribution is 9.10. The maximum atomic E-state index is 6.18. The molecule has 0 aliphatic rings. The number of nitrogens with one attached hydrogen (secondary N) is 1. The molecule has 0 aliphatic carbocycles. The van der Waals surface area contributed by atoms with Crippen molar-refractivity contribution in [3.05, 3.63) is 57.3 Å². The van der Waals surface area contributed by atoms with E-state index in [1.165, 1.54) is 0 Å². The molecule has 0 aliphatic heterocycles. The molecule has 0 radical (unpaired) electrons. The molecule has 2 aromatic rings. The summed E-state index contributed by atoms with van der Waals surface area (Å²) in [6.45, 7) is 4.10. The van der Waals surface area contributed by atoms with Gasteiger partial charge in [0, 0.05) is 5.02 Å². The van der Waals surface area contributed by atoms with E-state index in [0.717, 1.165) is 26.4 Å². The van der Waals surface area contributed by atoms with E-state index in [1.54, 1.807) is 0 Å². The normalized spacial score (nSPS) is 12.2. The second-order valence-electron chi connectivity index (χ2n) is 4.22. The van der Waals surface area contributed by atoms with Crippen LogP contribution in [0.2, 0.25) is 5.02 Å². The summed E-state index contributed by atoms with van der Waals surface area (Å²) in [5.41, 5.74) is 3.18. The van der Waals surface area contributed by atoms with Crippen LogP contribution >= 0.6 is 27.5 Å². The Morgan fingerprint density at radius 3 is 2.72 bits per heavy atom. The number of anilines is 1. The Kier molecular flexibility index (Phi) is 4.25. The molecule has 0 spiro atoms. The van der Waals surface area contributed by atoms with E-state index in [4.69, 9.17) is 11.6 Å². The average molecular weight is 326 g/mol. The highest BCUT2D eigenvalue weighted by Gasteiger charge is 2.09. The van der Waals surface area contributed by atoms with E-state index < -0.39 is 0 Å². The van der Waals surface area contributed by atoms with E-state index in [9.17, 15) is 0 Å². The van der Waals surface area contributed by atoms with Gasteiger partial charge < -0.3 is 5.32 Å². The Hall–Kier alpha value is -1.06. The van der Waals surface area contributed by atoms with Gasteiger partial charge in [0.2, 0.25) is 0 Å². The van der Waals surface area contributed by atoms with Crippen molar-refractivity contribution < 1.29 is 0 Å². The zero-order valence-corrected chi connectivity index (χ0v) is 12.6. The predicted octanol–water partition coefficient (Wildman–Crippen LogP) is 4.98. The van der Waals surface area contributed by atoms with E-state index in [-0.39, 0.29) is 6.04 Å². The zero-order chi connectivity index (χ0) is 13.1. The zero-order valence-electron chi connectivity index (χ0n) is 10.2. The summed E-state index contributed by atoms with van der Waals surface area (Å²) in [7, 11) is 0. The third kappa shape index (κ3) is 3.03. The van der Waals surface area contributed by atoms with Crippen LogP contribution in [0.1, 0.15) is 24.1 Å². The highest BCUT2D eigenvalue weighted by atomic mass is 79.9. The molecule has 0 saturated heterocycles. The molecule has 18 heavy (non-hydrogen) atoms. The third-order valence-corrected chi connectivity index (χ3v) is 3.94. The Labute approximate surface area is 121 Å². The summed E-state index contributed by atoms with van der Waals surface area (Å²) in [6.07, 6.45) is 1.81. The minimum atomic E-state index is 0.140. The van der Waals surface area contributed by atoms with Crippen LogP contribution in [0, 0.1) is 6.92 Å². The quantitative estimate of drug-likeness (QED) is 0.805. The standard InChI is InChI=1S/C14H14BrClN2/c1-9-7-11(8-17-14(9)15)18-10(2)12-5-3-4-6-13(12)16/h3-8,10,18H,1-2H3. The molecule has 0 saturated carbocycles. The second kappa shape index (κ2) is 5.72. The maximum absolute atomic E-state index is 6.18. The molecule has 0 amide bonds. The summed E-state index contributed by atoms with van der Waals surface area (Å²) in [6, 6.07) is 10.1. The lowest BCUT2D eigenvalue weighted by molar-refractivity contribution is 0.882. The Morgan fingerprint density at radius 1 is 1.33 bits per heavy atom. The summed E-state index contributed by atoms with van der Waals surface area (Å²) in [5.74, 6) is 0. The molecule has 0 bridgehead atoms. The monoisotopic (exact) mass is 324 g/mol. The van der Waals surface area contributed by atoms with Crippen LogP contribution < -0.4 is 5.32 Å². The minimum absolute atomic E-state index is 0.140. The third-order valence-electron chi connectivity index (χ3n) is 2.77. The number of halogens is 2. The van der Waals surface area contributed by atoms with Gasteiger partial charge in [-0.05, 0) is 53.0 Å². The van der Waals surface area contributed by atoms with Gasteiger partial charge in [-0.3, -0.25) is 0 Å². The number of hydrogen-bond acceptors (Lipinski definition) is 2. The van der Waals surface area contributed by atoms with E-state index in [2.05, 4.69) is 39.2 Å². The van der Waals surface area contributed by atoms with Crippen molar-refractivity contribution in [3.8, 4) is 0 Å². The predicted molar refractivity (Wildman–Crippen MR) is 80.2 cm³/mol. The van der Waals surface area contributed by atoms with E-state index >= 15 is 0 Å². The van der Waals surface area contributed by atoms with Gasteiger partial charge in [0.1, 0.15) is 4.60 Å². The van der Waals surface area contributed by atoms with Crippen LogP contribution in [0.25, 0.3) is 0 Å². The van der Waals surface area contributed by atoms with E-state index in [1.807, 2.05) is 37.4 Å². The van der Waals surface area contributed by atoms with Gasteiger partial charge in [0.25, 0.3) is 0 Å². The van der Waals surface area contributed by atoms with Gasteiger partial charge in [-0.15, -0.1) is 0 Å². The molecule has 4 heteroatoms. The fraction of sp³-hybridized carbons (Fsp3) is 0.214. The number of aryl methyl sites for hydroxylation is 1.